The molecule has 3 heteroatoms. The van der Waals surface area contributed by atoms with E-state index >= 15 is 0 Å². The number of ether oxygens (including phenoxy) is 1. The first-order chi connectivity index (χ1) is 9.43. The predicted octanol–water partition coefficient (Wildman–Crippen LogP) is 3.95. The third-order valence-electron chi connectivity index (χ3n) is 3.84. The third kappa shape index (κ3) is 3.35. The molecule has 1 unspecified atom stereocenters. The van der Waals surface area contributed by atoms with Gasteiger partial charge in [-0.1, -0.05) is 24.6 Å². The van der Waals surface area contributed by atoms with Crippen molar-refractivity contribution in [3.05, 3.63) is 35.2 Å². The zero-order valence-corrected chi connectivity index (χ0v) is 12.0. The summed E-state index contributed by atoms with van der Waals surface area (Å²) in [4.78, 5) is 0. The van der Waals surface area contributed by atoms with Gasteiger partial charge in [-0.15, -0.1) is 11.3 Å². The summed E-state index contributed by atoms with van der Waals surface area (Å²) in [5, 5.41) is 7.14. The molecule has 1 aromatic carbocycles. The predicted molar refractivity (Wildman–Crippen MR) is 81.7 cm³/mol. The lowest BCUT2D eigenvalue weighted by Gasteiger charge is -2.23. The second kappa shape index (κ2) is 6.51. The van der Waals surface area contributed by atoms with Crippen LogP contribution in [0.4, 0.5) is 0 Å². The summed E-state index contributed by atoms with van der Waals surface area (Å²) in [6.45, 7) is 2.79. The summed E-state index contributed by atoms with van der Waals surface area (Å²) in [5.74, 6) is 0. The molecule has 2 nitrogen and oxygen atoms in total. The number of hydrogen-bond acceptors (Lipinski definition) is 3. The van der Waals surface area contributed by atoms with Crippen molar-refractivity contribution in [1.82, 2.24) is 5.32 Å². The van der Waals surface area contributed by atoms with E-state index in [2.05, 4.69) is 35.0 Å². The first-order valence-corrected chi connectivity index (χ1v) is 8.08. The van der Waals surface area contributed by atoms with Crippen LogP contribution in [-0.4, -0.2) is 19.2 Å². The third-order valence-corrected chi connectivity index (χ3v) is 4.85. The fourth-order valence-electron chi connectivity index (χ4n) is 2.72. The van der Waals surface area contributed by atoms with Crippen LogP contribution in [0.1, 0.15) is 31.2 Å². The maximum Gasteiger partial charge on any atom is 0.0731 e. The van der Waals surface area contributed by atoms with Gasteiger partial charge >= 0.3 is 0 Å². The molecule has 0 bridgehead atoms. The minimum Gasteiger partial charge on any atom is -0.377 e. The van der Waals surface area contributed by atoms with Crippen molar-refractivity contribution in [2.75, 3.05) is 13.2 Å². The van der Waals surface area contributed by atoms with E-state index in [4.69, 9.17) is 4.74 Å². The lowest BCUT2D eigenvalue weighted by molar-refractivity contribution is 0.109. The summed E-state index contributed by atoms with van der Waals surface area (Å²) in [6, 6.07) is 9.23. The minimum atomic E-state index is 0.674. The molecular formula is C16H21NOS. The largest absolute Gasteiger partial charge is 0.377 e. The Labute approximate surface area is 118 Å². The van der Waals surface area contributed by atoms with Gasteiger partial charge in [0.05, 0.1) is 6.61 Å². The molecule has 19 heavy (non-hydrogen) atoms. The number of fused-ring (bicyclic) bond motifs is 1. The number of benzene rings is 1. The molecule has 102 valence electrons. The maximum atomic E-state index is 5.86. The summed E-state index contributed by atoms with van der Waals surface area (Å²) in [7, 11) is 0. The van der Waals surface area contributed by atoms with Gasteiger partial charge in [0.1, 0.15) is 0 Å². The van der Waals surface area contributed by atoms with Crippen LogP contribution in [0.2, 0.25) is 0 Å². The van der Waals surface area contributed by atoms with Crippen molar-refractivity contribution in [3.8, 4) is 0 Å². The van der Waals surface area contributed by atoms with Crippen LogP contribution >= 0.6 is 11.3 Å². The molecule has 0 spiro atoms. The van der Waals surface area contributed by atoms with E-state index in [1.165, 1.54) is 41.5 Å². The normalized spacial score (nSPS) is 19.9. The van der Waals surface area contributed by atoms with Gasteiger partial charge in [0.2, 0.25) is 0 Å². The Bertz CT molecular complexity index is 516. The first-order valence-electron chi connectivity index (χ1n) is 7.20. The first kappa shape index (κ1) is 13.1. The van der Waals surface area contributed by atoms with Crippen molar-refractivity contribution >= 4 is 21.4 Å². The van der Waals surface area contributed by atoms with Crippen LogP contribution in [0.15, 0.2) is 29.6 Å². The Morgan fingerprint density at radius 2 is 2.21 bits per heavy atom. The van der Waals surface area contributed by atoms with E-state index in [0.29, 0.717) is 6.04 Å². The van der Waals surface area contributed by atoms with E-state index < -0.39 is 0 Å². The Kier molecular flexibility index (Phi) is 4.49. The molecule has 1 aromatic heterocycles. The Hall–Kier alpha value is -0.900. The number of nitrogens with one attached hydrogen (secondary N) is 1. The van der Waals surface area contributed by atoms with Gasteiger partial charge in [0.25, 0.3) is 0 Å². The van der Waals surface area contributed by atoms with Gasteiger partial charge < -0.3 is 10.1 Å². The quantitative estimate of drug-likeness (QED) is 0.834. The van der Waals surface area contributed by atoms with E-state index in [-0.39, 0.29) is 0 Å². The minimum absolute atomic E-state index is 0.674. The molecule has 1 aliphatic heterocycles. The summed E-state index contributed by atoms with van der Waals surface area (Å²) in [5.41, 5.74) is 1.33. The molecule has 0 aliphatic carbocycles. The van der Waals surface area contributed by atoms with Crippen LogP contribution in [0.25, 0.3) is 10.1 Å². The zero-order chi connectivity index (χ0) is 12.9. The summed E-state index contributed by atoms with van der Waals surface area (Å²) >= 11 is 1.81. The fraction of sp³-hybridized carbons (Fsp3) is 0.500. The van der Waals surface area contributed by atoms with Crippen LogP contribution in [-0.2, 0) is 11.3 Å². The van der Waals surface area contributed by atoms with Crippen LogP contribution in [0, 0.1) is 0 Å². The number of hydrogen-bond donors (Lipinski definition) is 1. The zero-order valence-electron chi connectivity index (χ0n) is 11.2. The van der Waals surface area contributed by atoms with Gasteiger partial charge in [-0.2, -0.15) is 0 Å². The number of thiophene rings is 1. The van der Waals surface area contributed by atoms with Crippen molar-refractivity contribution in [3.63, 3.8) is 0 Å². The van der Waals surface area contributed by atoms with Gasteiger partial charge in [0.15, 0.2) is 0 Å². The smallest absolute Gasteiger partial charge is 0.0731 e. The molecule has 0 saturated carbocycles. The van der Waals surface area contributed by atoms with Crippen LogP contribution in [0.3, 0.4) is 0 Å². The number of rotatable bonds is 5. The molecule has 1 aliphatic rings. The lowest BCUT2D eigenvalue weighted by atomic mass is 10.0. The second-order valence-electron chi connectivity index (χ2n) is 5.25. The average Bonchev–Trinajstić information content (AvgIpc) is 2.88. The second-order valence-corrected chi connectivity index (χ2v) is 6.16. The molecule has 2 aromatic rings. The Morgan fingerprint density at radius 3 is 3.11 bits per heavy atom. The molecule has 0 radical (unpaired) electrons. The van der Waals surface area contributed by atoms with Gasteiger partial charge in [-0.05, 0) is 48.2 Å². The lowest BCUT2D eigenvalue weighted by Crippen LogP contribution is -2.34. The highest BCUT2D eigenvalue weighted by molar-refractivity contribution is 7.17. The van der Waals surface area contributed by atoms with Crippen LogP contribution in [0.5, 0.6) is 0 Å². The average molecular weight is 275 g/mol. The maximum absolute atomic E-state index is 5.86. The van der Waals surface area contributed by atoms with Crippen molar-refractivity contribution in [2.45, 2.75) is 38.3 Å². The van der Waals surface area contributed by atoms with E-state index in [1.54, 1.807) is 0 Å². The molecule has 1 N–H and O–H groups in total. The molecule has 1 fully saturated rings. The highest BCUT2D eigenvalue weighted by atomic mass is 32.1. The van der Waals surface area contributed by atoms with Gasteiger partial charge in [0, 0.05) is 17.3 Å². The topological polar surface area (TPSA) is 21.3 Å². The van der Waals surface area contributed by atoms with Gasteiger partial charge in [-0.25, -0.2) is 0 Å². The SMILES string of the molecule is c1ccc2c(COCCC3CCCCN3)csc2c1. The highest BCUT2D eigenvalue weighted by Gasteiger charge is 2.12. The molecule has 3 rings (SSSR count). The van der Waals surface area contributed by atoms with E-state index in [0.717, 1.165) is 19.6 Å². The summed E-state index contributed by atoms with van der Waals surface area (Å²) in [6.07, 6.45) is 5.15. The van der Waals surface area contributed by atoms with E-state index in [1.807, 2.05) is 11.3 Å². The monoisotopic (exact) mass is 275 g/mol. The van der Waals surface area contributed by atoms with Gasteiger partial charge in [-0.3, -0.25) is 0 Å². The molecule has 0 amide bonds. The molecule has 1 saturated heterocycles. The standard InChI is InChI=1S/C16H21NOS/c1-2-7-16-15(6-1)13(12-19-16)11-18-10-8-14-5-3-4-9-17-14/h1-2,6-7,12,14,17H,3-5,8-11H2. The van der Waals surface area contributed by atoms with Crippen LogP contribution < -0.4 is 5.32 Å². The fourth-order valence-corrected chi connectivity index (χ4v) is 3.67. The van der Waals surface area contributed by atoms with Crippen molar-refractivity contribution < 1.29 is 4.74 Å². The molecular weight excluding hydrogens is 254 g/mol. The summed E-state index contributed by atoms with van der Waals surface area (Å²) < 4.78 is 7.21. The van der Waals surface area contributed by atoms with Crippen molar-refractivity contribution in [1.29, 1.82) is 0 Å². The Morgan fingerprint density at radius 1 is 1.26 bits per heavy atom. The molecule has 2 heterocycles. The Balaban J connectivity index is 1.47. The van der Waals surface area contributed by atoms with Crippen molar-refractivity contribution in [2.24, 2.45) is 0 Å². The number of piperidine rings is 1. The molecule has 1 atom stereocenters. The van der Waals surface area contributed by atoms with E-state index in [9.17, 15) is 0 Å². The highest BCUT2D eigenvalue weighted by Crippen LogP contribution is 2.26.